The van der Waals surface area contributed by atoms with Gasteiger partial charge in [0, 0.05) is 37.9 Å². The number of aromatic carboxylic acids is 1. The van der Waals surface area contributed by atoms with Crippen molar-refractivity contribution in [2.45, 2.75) is 25.0 Å². The summed E-state index contributed by atoms with van der Waals surface area (Å²) in [5.41, 5.74) is 0.420. The van der Waals surface area contributed by atoms with Crippen LogP contribution in [-0.4, -0.2) is 59.4 Å². The predicted octanol–water partition coefficient (Wildman–Crippen LogP) is 1.46. The molecular formula is C19H20N6O3. The Morgan fingerprint density at radius 2 is 1.89 bits per heavy atom. The van der Waals surface area contributed by atoms with Crippen LogP contribution in [0.3, 0.4) is 0 Å². The Morgan fingerprint density at radius 1 is 1.11 bits per heavy atom. The fraction of sp³-hybridized carbons (Fsp3) is 0.316. The second-order valence-electron chi connectivity index (χ2n) is 6.92. The van der Waals surface area contributed by atoms with Crippen molar-refractivity contribution < 1.29 is 15.0 Å². The van der Waals surface area contributed by atoms with Gasteiger partial charge in [0.15, 0.2) is 0 Å². The van der Waals surface area contributed by atoms with Crippen LogP contribution >= 0.6 is 0 Å². The van der Waals surface area contributed by atoms with Crippen molar-refractivity contribution in [3.63, 3.8) is 0 Å². The summed E-state index contributed by atoms with van der Waals surface area (Å²) in [4.78, 5) is 30.3. The zero-order chi connectivity index (χ0) is 19.6. The van der Waals surface area contributed by atoms with Crippen LogP contribution in [0.1, 0.15) is 23.2 Å². The SMILES string of the molecule is O=C(O)c1ccnc(-c2ccnc(N3CCC(O)(Cn4ccnc4)CC3)n2)c1. The van der Waals surface area contributed by atoms with Crippen LogP contribution in [0.2, 0.25) is 0 Å². The molecule has 0 aromatic carbocycles. The first-order chi connectivity index (χ1) is 13.5. The molecule has 1 fully saturated rings. The van der Waals surface area contributed by atoms with Crippen molar-refractivity contribution in [1.82, 2.24) is 24.5 Å². The predicted molar refractivity (Wildman–Crippen MR) is 101 cm³/mol. The lowest BCUT2D eigenvalue weighted by Crippen LogP contribution is -2.47. The molecule has 9 nitrogen and oxygen atoms in total. The van der Waals surface area contributed by atoms with Crippen molar-refractivity contribution >= 4 is 11.9 Å². The Labute approximate surface area is 161 Å². The zero-order valence-corrected chi connectivity index (χ0v) is 15.1. The van der Waals surface area contributed by atoms with E-state index < -0.39 is 11.6 Å². The molecule has 0 unspecified atom stereocenters. The Hall–Kier alpha value is -3.33. The number of aliphatic hydroxyl groups is 1. The van der Waals surface area contributed by atoms with Crippen molar-refractivity contribution in [2.75, 3.05) is 18.0 Å². The largest absolute Gasteiger partial charge is 0.478 e. The van der Waals surface area contributed by atoms with Crippen LogP contribution in [-0.2, 0) is 6.54 Å². The highest BCUT2D eigenvalue weighted by molar-refractivity contribution is 5.88. The second-order valence-corrected chi connectivity index (χ2v) is 6.92. The summed E-state index contributed by atoms with van der Waals surface area (Å²) in [7, 11) is 0. The van der Waals surface area contributed by atoms with E-state index in [1.54, 1.807) is 24.8 Å². The van der Waals surface area contributed by atoms with Crippen LogP contribution < -0.4 is 4.90 Å². The van der Waals surface area contributed by atoms with Crippen LogP contribution in [0, 0.1) is 0 Å². The number of pyridine rings is 1. The molecule has 4 heterocycles. The molecule has 0 bridgehead atoms. The molecule has 0 atom stereocenters. The van der Waals surface area contributed by atoms with Crippen molar-refractivity contribution in [1.29, 1.82) is 0 Å². The number of carbonyl (C=O) groups is 1. The topological polar surface area (TPSA) is 117 Å². The van der Waals surface area contributed by atoms with Gasteiger partial charge in [-0.05, 0) is 31.0 Å². The molecule has 28 heavy (non-hydrogen) atoms. The number of aromatic nitrogens is 5. The van der Waals surface area contributed by atoms with Gasteiger partial charge in [0.05, 0.1) is 35.4 Å². The number of hydrogen-bond donors (Lipinski definition) is 2. The molecule has 3 aromatic heterocycles. The second kappa shape index (κ2) is 7.35. The average Bonchev–Trinajstić information content (AvgIpc) is 3.21. The van der Waals surface area contributed by atoms with Gasteiger partial charge in [-0.25, -0.2) is 19.7 Å². The quantitative estimate of drug-likeness (QED) is 0.683. The summed E-state index contributed by atoms with van der Waals surface area (Å²) >= 11 is 0. The van der Waals surface area contributed by atoms with Crippen molar-refractivity contribution in [3.8, 4) is 11.4 Å². The summed E-state index contributed by atoms with van der Waals surface area (Å²) in [6.45, 7) is 1.75. The monoisotopic (exact) mass is 380 g/mol. The molecule has 2 N–H and O–H groups in total. The lowest BCUT2D eigenvalue weighted by molar-refractivity contribution is -0.000296. The standard InChI is InChI=1S/C19H20N6O3/c26-17(27)14-1-5-21-16(11-14)15-2-6-22-18(23-15)25-8-3-19(28,4-9-25)12-24-10-7-20-13-24/h1-2,5-7,10-11,13,28H,3-4,8-9,12H2,(H,26,27). The lowest BCUT2D eigenvalue weighted by Gasteiger charge is -2.38. The highest BCUT2D eigenvalue weighted by atomic mass is 16.4. The minimum absolute atomic E-state index is 0.160. The van der Waals surface area contributed by atoms with E-state index in [4.69, 9.17) is 5.11 Å². The normalized spacial score (nSPS) is 16.1. The number of anilines is 1. The van der Waals surface area contributed by atoms with Crippen molar-refractivity contribution in [3.05, 3.63) is 54.9 Å². The number of nitrogens with zero attached hydrogens (tertiary/aromatic N) is 6. The van der Waals surface area contributed by atoms with E-state index in [-0.39, 0.29) is 5.56 Å². The highest BCUT2D eigenvalue weighted by Crippen LogP contribution is 2.27. The number of piperidine rings is 1. The molecular weight excluding hydrogens is 360 g/mol. The van der Waals surface area contributed by atoms with Crippen LogP contribution in [0.5, 0.6) is 0 Å². The summed E-state index contributed by atoms with van der Waals surface area (Å²) in [5.74, 6) is -0.462. The first kappa shape index (κ1) is 18.1. The Bertz CT molecular complexity index is 967. The maximum Gasteiger partial charge on any atom is 0.335 e. The minimum atomic E-state index is -1.01. The van der Waals surface area contributed by atoms with Crippen LogP contribution in [0.15, 0.2) is 49.3 Å². The fourth-order valence-corrected chi connectivity index (χ4v) is 3.35. The molecule has 1 saturated heterocycles. The number of rotatable bonds is 5. The molecule has 0 radical (unpaired) electrons. The fourth-order valence-electron chi connectivity index (χ4n) is 3.35. The van der Waals surface area contributed by atoms with Gasteiger partial charge in [0.2, 0.25) is 5.95 Å². The van der Waals surface area contributed by atoms with E-state index in [9.17, 15) is 9.90 Å². The molecule has 0 spiro atoms. The van der Waals surface area contributed by atoms with E-state index in [2.05, 4.69) is 19.9 Å². The lowest BCUT2D eigenvalue weighted by atomic mass is 9.91. The number of carboxylic acids is 1. The smallest absolute Gasteiger partial charge is 0.335 e. The molecule has 144 valence electrons. The number of carboxylic acid groups (broad SMARTS) is 1. The van der Waals surface area contributed by atoms with E-state index in [0.717, 1.165) is 0 Å². The van der Waals surface area contributed by atoms with Crippen LogP contribution in [0.4, 0.5) is 5.95 Å². The van der Waals surface area contributed by atoms with Gasteiger partial charge in [-0.2, -0.15) is 0 Å². The van der Waals surface area contributed by atoms with Crippen LogP contribution in [0.25, 0.3) is 11.4 Å². The minimum Gasteiger partial charge on any atom is -0.478 e. The summed E-state index contributed by atoms with van der Waals surface area (Å²) < 4.78 is 1.88. The molecule has 4 rings (SSSR count). The summed E-state index contributed by atoms with van der Waals surface area (Å²) in [6.07, 6.45) is 9.52. The van der Waals surface area contributed by atoms with E-state index in [0.29, 0.717) is 49.8 Å². The molecule has 1 aliphatic rings. The van der Waals surface area contributed by atoms with E-state index >= 15 is 0 Å². The number of imidazole rings is 1. The number of hydrogen-bond acceptors (Lipinski definition) is 7. The van der Waals surface area contributed by atoms with E-state index in [1.165, 1.54) is 18.3 Å². The molecule has 3 aromatic rings. The summed E-state index contributed by atoms with van der Waals surface area (Å²) in [5, 5.41) is 20.0. The Morgan fingerprint density at radius 3 is 2.61 bits per heavy atom. The van der Waals surface area contributed by atoms with Gasteiger partial charge >= 0.3 is 5.97 Å². The summed E-state index contributed by atoms with van der Waals surface area (Å²) in [6, 6.07) is 4.64. The van der Waals surface area contributed by atoms with Gasteiger partial charge in [0.25, 0.3) is 0 Å². The van der Waals surface area contributed by atoms with Gasteiger partial charge in [0.1, 0.15) is 0 Å². The third kappa shape index (κ3) is 3.84. The molecule has 1 aliphatic heterocycles. The van der Waals surface area contributed by atoms with Gasteiger partial charge < -0.3 is 19.7 Å². The molecule has 0 saturated carbocycles. The van der Waals surface area contributed by atoms with Gasteiger partial charge in [-0.15, -0.1) is 0 Å². The third-order valence-corrected chi connectivity index (χ3v) is 4.93. The third-order valence-electron chi connectivity index (χ3n) is 4.93. The first-order valence-electron chi connectivity index (χ1n) is 8.98. The Balaban J connectivity index is 1.48. The maximum absolute atomic E-state index is 11.2. The molecule has 0 aliphatic carbocycles. The molecule has 0 amide bonds. The zero-order valence-electron chi connectivity index (χ0n) is 15.1. The maximum atomic E-state index is 11.2. The first-order valence-corrected chi connectivity index (χ1v) is 8.98. The van der Waals surface area contributed by atoms with Gasteiger partial charge in [-0.3, -0.25) is 4.98 Å². The molecule has 9 heteroatoms. The van der Waals surface area contributed by atoms with Crippen molar-refractivity contribution in [2.24, 2.45) is 0 Å². The van der Waals surface area contributed by atoms with Gasteiger partial charge in [-0.1, -0.05) is 0 Å². The Kier molecular flexibility index (Phi) is 4.74. The van der Waals surface area contributed by atoms with E-state index in [1.807, 2.05) is 15.7 Å². The highest BCUT2D eigenvalue weighted by Gasteiger charge is 2.33. The average molecular weight is 380 g/mol.